The van der Waals surface area contributed by atoms with Crippen LogP contribution in [-0.2, 0) is 10.0 Å². The Morgan fingerprint density at radius 1 is 1.23 bits per heavy atom. The third kappa shape index (κ3) is 4.16. The number of rotatable bonds is 6. The van der Waals surface area contributed by atoms with E-state index < -0.39 is 10.0 Å². The van der Waals surface area contributed by atoms with Crippen molar-refractivity contribution >= 4 is 10.0 Å². The minimum atomic E-state index is -3.60. The third-order valence-electron chi connectivity index (χ3n) is 5.24. The summed E-state index contributed by atoms with van der Waals surface area (Å²) in [5.41, 5.74) is 2.21. The monoisotopic (exact) mass is 376 g/mol. The van der Waals surface area contributed by atoms with Gasteiger partial charge in [-0.1, -0.05) is 37.3 Å². The summed E-state index contributed by atoms with van der Waals surface area (Å²) in [4.78, 5) is 2.66. The molecule has 1 fully saturated rings. The molecule has 1 aliphatic rings. The van der Waals surface area contributed by atoms with Crippen LogP contribution in [0.3, 0.4) is 0 Å². The maximum atomic E-state index is 12.8. The molecular weight excluding hydrogens is 348 g/mol. The van der Waals surface area contributed by atoms with Gasteiger partial charge in [-0.25, -0.2) is 13.1 Å². The van der Waals surface area contributed by atoms with Crippen molar-refractivity contribution in [3.63, 3.8) is 0 Å². The number of likely N-dealkylation sites (tertiary alicyclic amines) is 1. The second-order valence-corrected chi connectivity index (χ2v) is 8.96. The topological polar surface area (TPSA) is 78.1 Å². The Bertz CT molecular complexity index is 805. The number of aromatic nitrogens is 2. The van der Waals surface area contributed by atoms with Gasteiger partial charge in [-0.05, 0) is 51.3 Å². The molecule has 6 nitrogen and oxygen atoms in total. The van der Waals surface area contributed by atoms with E-state index in [2.05, 4.69) is 38.9 Å². The second-order valence-electron chi connectivity index (χ2n) is 7.26. The van der Waals surface area contributed by atoms with E-state index >= 15 is 0 Å². The second kappa shape index (κ2) is 7.90. The molecule has 1 unspecified atom stereocenters. The van der Waals surface area contributed by atoms with Gasteiger partial charge in [0, 0.05) is 12.6 Å². The van der Waals surface area contributed by atoms with E-state index in [1.807, 2.05) is 18.2 Å². The number of aryl methyl sites for hydroxylation is 2. The SMILES string of the molecule is Cc1n[nH]c(C)c1S(=O)(=O)NCC(c1ccccc1)N1CCC(C)CC1. The van der Waals surface area contributed by atoms with Crippen LogP contribution in [0.1, 0.15) is 42.8 Å². The van der Waals surface area contributed by atoms with Gasteiger partial charge in [0.15, 0.2) is 0 Å². The zero-order chi connectivity index (χ0) is 18.7. The molecule has 1 aliphatic heterocycles. The standard InChI is InChI=1S/C19H28N4O2S/c1-14-9-11-23(12-10-14)18(17-7-5-4-6-8-17)13-20-26(24,25)19-15(2)21-22-16(19)3/h4-8,14,18,20H,9-13H2,1-3H3,(H,21,22). The maximum Gasteiger partial charge on any atom is 0.244 e. The van der Waals surface area contributed by atoms with E-state index in [-0.39, 0.29) is 10.9 Å². The lowest BCUT2D eigenvalue weighted by Crippen LogP contribution is -2.42. The van der Waals surface area contributed by atoms with Crippen molar-refractivity contribution in [3.05, 3.63) is 47.3 Å². The lowest BCUT2D eigenvalue weighted by Gasteiger charge is -2.37. The molecule has 0 saturated carbocycles. The number of hydrogen-bond donors (Lipinski definition) is 2. The van der Waals surface area contributed by atoms with Crippen molar-refractivity contribution < 1.29 is 8.42 Å². The average Bonchev–Trinajstić information content (AvgIpc) is 2.97. The van der Waals surface area contributed by atoms with E-state index in [4.69, 9.17) is 0 Å². The highest BCUT2D eigenvalue weighted by Gasteiger charge is 2.28. The molecular formula is C19H28N4O2S. The van der Waals surface area contributed by atoms with Crippen molar-refractivity contribution in [2.75, 3.05) is 19.6 Å². The molecule has 2 N–H and O–H groups in total. The Morgan fingerprint density at radius 2 is 1.88 bits per heavy atom. The molecule has 1 atom stereocenters. The molecule has 2 aromatic rings. The number of nitrogens with zero attached hydrogens (tertiary/aromatic N) is 2. The molecule has 0 radical (unpaired) electrons. The van der Waals surface area contributed by atoms with Gasteiger partial charge in [-0.2, -0.15) is 5.10 Å². The molecule has 0 aliphatic carbocycles. The van der Waals surface area contributed by atoms with Crippen LogP contribution in [0.15, 0.2) is 35.2 Å². The Hall–Kier alpha value is -1.70. The highest BCUT2D eigenvalue weighted by atomic mass is 32.2. The molecule has 1 saturated heterocycles. The van der Waals surface area contributed by atoms with Crippen LogP contribution in [0.2, 0.25) is 0 Å². The van der Waals surface area contributed by atoms with Crippen LogP contribution in [0, 0.1) is 19.8 Å². The number of benzene rings is 1. The molecule has 0 amide bonds. The van der Waals surface area contributed by atoms with E-state index in [1.165, 1.54) is 0 Å². The predicted octanol–water partition coefficient (Wildman–Crippen LogP) is 2.78. The Morgan fingerprint density at radius 3 is 2.46 bits per heavy atom. The minimum Gasteiger partial charge on any atom is -0.295 e. The van der Waals surface area contributed by atoms with E-state index in [0.717, 1.165) is 37.4 Å². The van der Waals surface area contributed by atoms with Crippen molar-refractivity contribution in [3.8, 4) is 0 Å². The summed E-state index contributed by atoms with van der Waals surface area (Å²) in [5, 5.41) is 6.76. The predicted molar refractivity (Wildman–Crippen MR) is 102 cm³/mol. The van der Waals surface area contributed by atoms with Crippen molar-refractivity contribution in [1.82, 2.24) is 19.8 Å². The Balaban J connectivity index is 1.80. The lowest BCUT2D eigenvalue weighted by atomic mass is 9.96. The summed E-state index contributed by atoms with van der Waals surface area (Å²) >= 11 is 0. The average molecular weight is 377 g/mol. The first-order chi connectivity index (χ1) is 12.4. The van der Waals surface area contributed by atoms with Crippen molar-refractivity contribution in [2.24, 2.45) is 5.92 Å². The quantitative estimate of drug-likeness (QED) is 0.813. The van der Waals surface area contributed by atoms with Crippen LogP contribution >= 0.6 is 0 Å². The molecule has 3 rings (SSSR count). The molecule has 1 aromatic carbocycles. The van der Waals surface area contributed by atoms with Crippen LogP contribution in [-0.4, -0.2) is 43.1 Å². The summed E-state index contributed by atoms with van der Waals surface area (Å²) in [6.07, 6.45) is 2.30. The Labute approximate surface area is 156 Å². The van der Waals surface area contributed by atoms with Crippen LogP contribution in [0.4, 0.5) is 0 Å². The zero-order valence-electron chi connectivity index (χ0n) is 15.7. The van der Waals surface area contributed by atoms with Gasteiger partial charge in [0.2, 0.25) is 10.0 Å². The van der Waals surface area contributed by atoms with Gasteiger partial charge in [0.05, 0.1) is 11.4 Å². The molecule has 142 valence electrons. The van der Waals surface area contributed by atoms with E-state index in [9.17, 15) is 8.42 Å². The number of piperidine rings is 1. The Kier molecular flexibility index (Phi) is 5.79. The highest BCUT2D eigenvalue weighted by molar-refractivity contribution is 7.89. The first-order valence-corrected chi connectivity index (χ1v) is 10.7. The molecule has 0 spiro atoms. The van der Waals surface area contributed by atoms with Gasteiger partial charge >= 0.3 is 0 Å². The fourth-order valence-electron chi connectivity index (χ4n) is 3.67. The number of sulfonamides is 1. The van der Waals surface area contributed by atoms with Crippen LogP contribution < -0.4 is 4.72 Å². The van der Waals surface area contributed by atoms with Gasteiger partial charge in [-0.3, -0.25) is 10.00 Å². The van der Waals surface area contributed by atoms with Crippen molar-refractivity contribution in [2.45, 2.75) is 44.6 Å². The highest BCUT2D eigenvalue weighted by Crippen LogP contribution is 2.27. The lowest BCUT2D eigenvalue weighted by molar-refractivity contribution is 0.139. The van der Waals surface area contributed by atoms with Gasteiger partial charge in [0.25, 0.3) is 0 Å². The minimum absolute atomic E-state index is 0.0333. The van der Waals surface area contributed by atoms with Gasteiger partial charge in [0.1, 0.15) is 4.90 Å². The molecule has 2 heterocycles. The normalized spacial score (nSPS) is 18.1. The fraction of sp³-hybridized carbons (Fsp3) is 0.526. The zero-order valence-corrected chi connectivity index (χ0v) is 16.5. The number of H-pyrrole nitrogens is 1. The summed E-state index contributed by atoms with van der Waals surface area (Å²) in [6, 6.07) is 10.2. The van der Waals surface area contributed by atoms with Gasteiger partial charge < -0.3 is 0 Å². The van der Waals surface area contributed by atoms with Crippen LogP contribution in [0.5, 0.6) is 0 Å². The maximum absolute atomic E-state index is 12.8. The molecule has 0 bridgehead atoms. The molecule has 1 aromatic heterocycles. The number of aromatic amines is 1. The smallest absolute Gasteiger partial charge is 0.244 e. The first-order valence-electron chi connectivity index (χ1n) is 9.18. The number of hydrogen-bond acceptors (Lipinski definition) is 4. The summed E-state index contributed by atoms with van der Waals surface area (Å²) in [5.74, 6) is 0.732. The third-order valence-corrected chi connectivity index (χ3v) is 6.93. The summed E-state index contributed by atoms with van der Waals surface area (Å²) in [6.45, 7) is 8.05. The van der Waals surface area contributed by atoms with Crippen LogP contribution in [0.25, 0.3) is 0 Å². The van der Waals surface area contributed by atoms with Crippen molar-refractivity contribution in [1.29, 1.82) is 0 Å². The number of nitrogens with one attached hydrogen (secondary N) is 2. The summed E-state index contributed by atoms with van der Waals surface area (Å²) < 4.78 is 28.5. The molecule has 7 heteroatoms. The molecule has 26 heavy (non-hydrogen) atoms. The first kappa shape index (κ1) is 19.1. The summed E-state index contributed by atoms with van der Waals surface area (Å²) in [7, 11) is -3.60. The fourth-order valence-corrected chi connectivity index (χ4v) is 5.08. The van der Waals surface area contributed by atoms with E-state index in [0.29, 0.717) is 17.9 Å². The largest absolute Gasteiger partial charge is 0.295 e. The van der Waals surface area contributed by atoms with Gasteiger partial charge in [-0.15, -0.1) is 0 Å². The van der Waals surface area contributed by atoms with E-state index in [1.54, 1.807) is 13.8 Å².